The van der Waals surface area contributed by atoms with Gasteiger partial charge in [0.1, 0.15) is 17.3 Å². The number of carbonyl (C=O) groups is 1. The highest BCUT2D eigenvalue weighted by atomic mass is 32.2. The number of fused-ring (bicyclic) bond motifs is 1. The van der Waals surface area contributed by atoms with Crippen molar-refractivity contribution in [1.82, 2.24) is 4.90 Å². The Kier molecular flexibility index (Phi) is 5.27. The number of benzene rings is 2. The van der Waals surface area contributed by atoms with Gasteiger partial charge in [-0.05, 0) is 31.0 Å². The summed E-state index contributed by atoms with van der Waals surface area (Å²) in [6, 6.07) is 14.3. The minimum Gasteiger partial charge on any atom is -0.496 e. The number of para-hydroxylation sites is 1. The number of carbonyl (C=O) groups excluding carboxylic acids is 1. The van der Waals surface area contributed by atoms with E-state index in [0.717, 1.165) is 5.56 Å². The molecule has 2 aliphatic rings. The molecule has 0 saturated carbocycles. The molecule has 1 fully saturated rings. The monoisotopic (exact) mass is 414 g/mol. The molecule has 4 rings (SSSR count). The first-order valence-corrected chi connectivity index (χ1v) is 10.9. The zero-order chi connectivity index (χ0) is 20.4. The molecule has 2 heterocycles. The van der Waals surface area contributed by atoms with E-state index >= 15 is 0 Å². The molecule has 2 aromatic carbocycles. The molecule has 152 valence electrons. The number of sulfonamides is 1. The van der Waals surface area contributed by atoms with Crippen molar-refractivity contribution >= 4 is 21.8 Å². The van der Waals surface area contributed by atoms with E-state index in [1.165, 1.54) is 0 Å². The maximum absolute atomic E-state index is 12.5. The summed E-state index contributed by atoms with van der Waals surface area (Å²) in [4.78, 5) is 14.7. The van der Waals surface area contributed by atoms with Crippen LogP contribution in [0.2, 0.25) is 0 Å². The largest absolute Gasteiger partial charge is 0.496 e. The Balaban J connectivity index is 1.37. The van der Waals surface area contributed by atoms with E-state index in [9.17, 15) is 13.2 Å². The average molecular weight is 414 g/mol. The molecule has 1 saturated heterocycles. The number of amidine groups is 1. The molecule has 0 aromatic heterocycles. The summed E-state index contributed by atoms with van der Waals surface area (Å²) < 4.78 is 39.2. The molecule has 7 nitrogen and oxygen atoms in total. The zero-order valence-electron chi connectivity index (χ0n) is 16.1. The topological polar surface area (TPSA) is 85.3 Å². The first kappa shape index (κ1) is 19.4. The van der Waals surface area contributed by atoms with Crippen molar-refractivity contribution in [2.24, 2.45) is 10.3 Å². The highest BCUT2D eigenvalue weighted by Gasteiger charge is 2.34. The molecule has 0 spiro atoms. The Morgan fingerprint density at radius 3 is 2.55 bits per heavy atom. The van der Waals surface area contributed by atoms with E-state index in [2.05, 4.69) is 4.40 Å². The fourth-order valence-electron chi connectivity index (χ4n) is 3.73. The average Bonchev–Trinajstić information content (AvgIpc) is 3.03. The van der Waals surface area contributed by atoms with Crippen molar-refractivity contribution in [3.8, 4) is 5.75 Å². The highest BCUT2D eigenvalue weighted by Crippen LogP contribution is 2.30. The number of nitrogens with zero attached hydrogens (tertiary/aromatic N) is 2. The molecule has 8 heteroatoms. The summed E-state index contributed by atoms with van der Waals surface area (Å²) in [5, 5.41) is 0. The number of rotatable bonds is 4. The molecule has 2 aliphatic heterocycles. The zero-order valence-corrected chi connectivity index (χ0v) is 16.9. The van der Waals surface area contributed by atoms with Crippen molar-refractivity contribution in [1.29, 1.82) is 0 Å². The van der Waals surface area contributed by atoms with Gasteiger partial charge in [0, 0.05) is 24.2 Å². The quantitative estimate of drug-likeness (QED) is 0.715. The normalized spacial score (nSPS) is 18.1. The molecule has 29 heavy (non-hydrogen) atoms. The molecule has 0 amide bonds. The fraction of sp³-hybridized carbons (Fsp3) is 0.333. The molecule has 0 unspecified atom stereocenters. The second-order valence-electron chi connectivity index (χ2n) is 7.07. The first-order valence-electron chi connectivity index (χ1n) is 9.47. The van der Waals surface area contributed by atoms with Crippen LogP contribution in [0, 0.1) is 5.92 Å². The van der Waals surface area contributed by atoms with Gasteiger partial charge in [-0.2, -0.15) is 8.42 Å². The second-order valence-corrected chi connectivity index (χ2v) is 8.64. The third kappa shape index (κ3) is 3.85. The summed E-state index contributed by atoms with van der Waals surface area (Å²) in [6.07, 6.45) is 1.18. The van der Waals surface area contributed by atoms with Gasteiger partial charge >= 0.3 is 5.97 Å². The lowest BCUT2D eigenvalue weighted by Gasteiger charge is -2.32. The molecule has 0 radical (unpaired) electrons. The number of hydrogen-bond donors (Lipinski definition) is 0. The summed E-state index contributed by atoms with van der Waals surface area (Å²) in [6.45, 7) is 1.27. The van der Waals surface area contributed by atoms with Gasteiger partial charge in [0.05, 0.1) is 13.0 Å². The molecule has 0 bridgehead atoms. The Hall–Kier alpha value is -2.87. The van der Waals surface area contributed by atoms with E-state index in [0.29, 0.717) is 43.1 Å². The van der Waals surface area contributed by atoms with Gasteiger partial charge in [-0.25, -0.2) is 0 Å². The Morgan fingerprint density at radius 2 is 1.79 bits per heavy atom. The Morgan fingerprint density at radius 1 is 1.10 bits per heavy atom. The lowest BCUT2D eigenvalue weighted by Crippen LogP contribution is -2.40. The predicted octanol–water partition coefficient (Wildman–Crippen LogP) is 2.60. The van der Waals surface area contributed by atoms with Crippen LogP contribution in [-0.2, 0) is 26.2 Å². The SMILES string of the molecule is COc1ccccc1COC(=O)C1CCN(C2=NS(=O)(=O)c3ccccc32)CC1. The third-order valence-electron chi connectivity index (χ3n) is 5.30. The van der Waals surface area contributed by atoms with Crippen molar-refractivity contribution < 1.29 is 22.7 Å². The van der Waals surface area contributed by atoms with Gasteiger partial charge in [0.2, 0.25) is 0 Å². The Labute approximate surface area is 170 Å². The second kappa shape index (κ2) is 7.87. The van der Waals surface area contributed by atoms with Crippen LogP contribution in [0.4, 0.5) is 0 Å². The van der Waals surface area contributed by atoms with E-state index in [4.69, 9.17) is 9.47 Å². The lowest BCUT2D eigenvalue weighted by atomic mass is 9.96. The van der Waals surface area contributed by atoms with Crippen molar-refractivity contribution in [2.45, 2.75) is 24.3 Å². The maximum Gasteiger partial charge on any atom is 0.309 e. The molecule has 0 N–H and O–H groups in total. The number of hydrogen-bond acceptors (Lipinski definition) is 6. The summed E-state index contributed by atoms with van der Waals surface area (Å²) in [7, 11) is -2.05. The number of piperidine rings is 1. The summed E-state index contributed by atoms with van der Waals surface area (Å²) in [5.41, 5.74) is 1.45. The van der Waals surface area contributed by atoms with Crippen LogP contribution < -0.4 is 4.74 Å². The maximum atomic E-state index is 12.5. The van der Waals surface area contributed by atoms with Gasteiger partial charge in [-0.3, -0.25) is 4.79 Å². The number of ether oxygens (including phenoxy) is 2. The van der Waals surface area contributed by atoms with Gasteiger partial charge in [-0.15, -0.1) is 4.40 Å². The third-order valence-corrected chi connectivity index (χ3v) is 6.63. The lowest BCUT2D eigenvalue weighted by molar-refractivity contribution is -0.151. The van der Waals surface area contributed by atoms with Gasteiger partial charge in [-0.1, -0.05) is 30.3 Å². The van der Waals surface area contributed by atoms with Gasteiger partial charge in [0.25, 0.3) is 10.0 Å². The molecule has 2 aromatic rings. The molecule has 0 atom stereocenters. The van der Waals surface area contributed by atoms with Crippen LogP contribution in [0.25, 0.3) is 0 Å². The number of likely N-dealkylation sites (tertiary alicyclic amines) is 1. The molecule has 0 aliphatic carbocycles. The standard InChI is InChI=1S/C21H22N2O5S/c1-27-18-8-4-2-6-16(18)14-28-21(24)15-10-12-23(13-11-15)20-17-7-3-5-9-19(17)29(25,26)22-20/h2-9,15H,10-14H2,1H3. The smallest absolute Gasteiger partial charge is 0.309 e. The first-order chi connectivity index (χ1) is 14.0. The van der Waals surface area contributed by atoms with Crippen molar-refractivity contribution in [3.05, 3.63) is 59.7 Å². The summed E-state index contributed by atoms with van der Waals surface area (Å²) >= 11 is 0. The van der Waals surface area contributed by atoms with E-state index in [1.54, 1.807) is 31.4 Å². The summed E-state index contributed by atoms with van der Waals surface area (Å²) in [5.74, 6) is 0.711. The van der Waals surface area contributed by atoms with E-state index in [1.807, 2.05) is 29.2 Å². The van der Waals surface area contributed by atoms with Crippen molar-refractivity contribution in [3.63, 3.8) is 0 Å². The van der Waals surface area contributed by atoms with Gasteiger partial charge in [0.15, 0.2) is 5.84 Å². The van der Waals surface area contributed by atoms with E-state index in [-0.39, 0.29) is 23.4 Å². The minimum absolute atomic E-state index is 0.168. The minimum atomic E-state index is -3.64. The van der Waals surface area contributed by atoms with E-state index < -0.39 is 10.0 Å². The number of esters is 1. The van der Waals surface area contributed by atoms with Crippen LogP contribution in [0.3, 0.4) is 0 Å². The van der Waals surface area contributed by atoms with Crippen LogP contribution in [-0.4, -0.2) is 45.3 Å². The van der Waals surface area contributed by atoms with Crippen LogP contribution in [0.5, 0.6) is 5.75 Å². The van der Waals surface area contributed by atoms with Gasteiger partial charge < -0.3 is 14.4 Å². The van der Waals surface area contributed by atoms with Crippen molar-refractivity contribution in [2.75, 3.05) is 20.2 Å². The predicted molar refractivity (Wildman–Crippen MR) is 107 cm³/mol. The number of methoxy groups -OCH3 is 1. The van der Waals surface area contributed by atoms with Crippen LogP contribution in [0.15, 0.2) is 57.8 Å². The van der Waals surface area contributed by atoms with Crippen LogP contribution >= 0.6 is 0 Å². The van der Waals surface area contributed by atoms with Crippen LogP contribution in [0.1, 0.15) is 24.0 Å². The molecular formula is C21H22N2O5S. The molecular weight excluding hydrogens is 392 g/mol. The highest BCUT2D eigenvalue weighted by molar-refractivity contribution is 7.90. The Bertz CT molecular complexity index is 1060. The fourth-order valence-corrected chi connectivity index (χ4v) is 4.96.